The molecule has 2 aromatic carbocycles. The SMILES string of the molecule is CCc1cc(-c2cc(C)nc(C)c2)cc(C(C)C)c1-n1ccnc1-c1ccccc1. The predicted octanol–water partition coefficient (Wildman–Crippen LogP) is 6.90. The summed E-state index contributed by atoms with van der Waals surface area (Å²) in [7, 11) is 0. The van der Waals surface area contributed by atoms with Crippen molar-refractivity contribution in [3.05, 3.63) is 89.5 Å². The minimum absolute atomic E-state index is 0.389. The molecule has 4 aromatic rings. The summed E-state index contributed by atoms with van der Waals surface area (Å²) in [5, 5.41) is 0. The van der Waals surface area contributed by atoms with Gasteiger partial charge in [-0.25, -0.2) is 4.98 Å². The van der Waals surface area contributed by atoms with Gasteiger partial charge in [0.05, 0.1) is 5.69 Å². The van der Waals surface area contributed by atoms with Gasteiger partial charge in [-0.15, -0.1) is 0 Å². The number of aromatic nitrogens is 3. The smallest absolute Gasteiger partial charge is 0.144 e. The van der Waals surface area contributed by atoms with E-state index in [1.807, 2.05) is 12.3 Å². The molecule has 0 saturated heterocycles. The van der Waals surface area contributed by atoms with Crippen LogP contribution in [0.2, 0.25) is 0 Å². The molecule has 30 heavy (non-hydrogen) atoms. The molecule has 2 heterocycles. The van der Waals surface area contributed by atoms with E-state index in [0.717, 1.165) is 29.2 Å². The number of nitrogens with zero attached hydrogens (tertiary/aromatic N) is 3. The molecule has 0 aliphatic rings. The molecule has 0 aliphatic heterocycles. The zero-order valence-corrected chi connectivity index (χ0v) is 18.5. The molecule has 0 fully saturated rings. The molecule has 0 radical (unpaired) electrons. The van der Waals surface area contributed by atoms with Gasteiger partial charge in [-0.3, -0.25) is 9.55 Å². The van der Waals surface area contributed by atoms with Gasteiger partial charge in [0.25, 0.3) is 0 Å². The number of hydrogen-bond acceptors (Lipinski definition) is 2. The molecule has 3 heteroatoms. The fraction of sp³-hybridized carbons (Fsp3) is 0.259. The van der Waals surface area contributed by atoms with Crippen LogP contribution in [0.4, 0.5) is 0 Å². The lowest BCUT2D eigenvalue weighted by Crippen LogP contribution is -2.07. The Hall–Kier alpha value is -3.20. The second-order valence-electron chi connectivity index (χ2n) is 8.21. The van der Waals surface area contributed by atoms with E-state index in [9.17, 15) is 0 Å². The second-order valence-corrected chi connectivity index (χ2v) is 8.21. The maximum atomic E-state index is 4.70. The Kier molecular flexibility index (Phi) is 5.54. The third kappa shape index (κ3) is 3.80. The van der Waals surface area contributed by atoms with E-state index in [1.165, 1.54) is 27.9 Å². The van der Waals surface area contributed by atoms with E-state index in [4.69, 9.17) is 4.98 Å². The van der Waals surface area contributed by atoms with Crippen LogP contribution >= 0.6 is 0 Å². The maximum Gasteiger partial charge on any atom is 0.144 e. The van der Waals surface area contributed by atoms with E-state index in [0.29, 0.717) is 5.92 Å². The molecular weight excluding hydrogens is 366 g/mol. The van der Waals surface area contributed by atoms with Gasteiger partial charge in [0, 0.05) is 29.3 Å². The number of imidazole rings is 1. The molecule has 3 nitrogen and oxygen atoms in total. The van der Waals surface area contributed by atoms with Gasteiger partial charge in [0.2, 0.25) is 0 Å². The third-order valence-electron chi connectivity index (χ3n) is 5.55. The van der Waals surface area contributed by atoms with E-state index in [1.54, 1.807) is 0 Å². The summed E-state index contributed by atoms with van der Waals surface area (Å²) in [5.41, 5.74) is 9.66. The van der Waals surface area contributed by atoms with Crippen LogP contribution in [0.15, 0.2) is 67.0 Å². The Labute approximate surface area is 179 Å². The molecule has 4 rings (SSSR count). The van der Waals surface area contributed by atoms with Crippen LogP contribution < -0.4 is 0 Å². The lowest BCUT2D eigenvalue weighted by Gasteiger charge is -2.21. The van der Waals surface area contributed by atoms with Crippen LogP contribution in [0.5, 0.6) is 0 Å². The average Bonchev–Trinajstić information content (AvgIpc) is 3.22. The van der Waals surface area contributed by atoms with E-state index >= 15 is 0 Å². The highest BCUT2D eigenvalue weighted by Crippen LogP contribution is 2.35. The number of pyridine rings is 1. The Bertz CT molecular complexity index is 1150. The van der Waals surface area contributed by atoms with Crippen molar-refractivity contribution in [1.82, 2.24) is 14.5 Å². The number of benzene rings is 2. The standard InChI is InChI=1S/C27H29N3/c1-6-21-16-24(23-14-19(4)29-20(5)15-23)17-25(18(2)3)26(21)30-13-12-28-27(30)22-10-8-7-9-11-22/h7-18H,6H2,1-5H3. The molecule has 0 atom stereocenters. The molecule has 0 spiro atoms. The van der Waals surface area contributed by atoms with Gasteiger partial charge in [-0.05, 0) is 72.7 Å². The topological polar surface area (TPSA) is 30.7 Å². The Morgan fingerprint density at radius 2 is 1.53 bits per heavy atom. The summed E-state index contributed by atoms with van der Waals surface area (Å²) >= 11 is 0. The molecule has 152 valence electrons. The molecule has 0 saturated carbocycles. The first-order valence-corrected chi connectivity index (χ1v) is 10.7. The zero-order valence-electron chi connectivity index (χ0n) is 18.5. The van der Waals surface area contributed by atoms with E-state index < -0.39 is 0 Å². The van der Waals surface area contributed by atoms with Crippen LogP contribution in [0.25, 0.3) is 28.2 Å². The molecular formula is C27H29N3. The van der Waals surface area contributed by atoms with Crippen LogP contribution in [-0.4, -0.2) is 14.5 Å². The van der Waals surface area contributed by atoms with Crippen LogP contribution in [0.1, 0.15) is 49.2 Å². The minimum atomic E-state index is 0.389. The molecule has 0 N–H and O–H groups in total. The predicted molar refractivity (Wildman–Crippen MR) is 125 cm³/mol. The molecule has 0 aliphatic carbocycles. The molecule has 0 bridgehead atoms. The fourth-order valence-corrected chi connectivity index (χ4v) is 4.17. The summed E-state index contributed by atoms with van der Waals surface area (Å²) in [4.78, 5) is 9.25. The highest BCUT2D eigenvalue weighted by atomic mass is 15.1. The number of hydrogen-bond donors (Lipinski definition) is 0. The van der Waals surface area contributed by atoms with Crippen LogP contribution in [0.3, 0.4) is 0 Å². The third-order valence-corrected chi connectivity index (χ3v) is 5.55. The number of aryl methyl sites for hydroxylation is 3. The lowest BCUT2D eigenvalue weighted by molar-refractivity contribution is 0.839. The summed E-state index contributed by atoms with van der Waals surface area (Å²) in [6, 6.07) is 19.5. The van der Waals surface area contributed by atoms with Gasteiger partial charge in [0.1, 0.15) is 5.82 Å². The zero-order chi connectivity index (χ0) is 21.3. The summed E-state index contributed by atoms with van der Waals surface area (Å²) in [5.74, 6) is 1.37. The van der Waals surface area contributed by atoms with E-state index in [2.05, 4.69) is 98.9 Å². The molecule has 0 amide bonds. The fourth-order valence-electron chi connectivity index (χ4n) is 4.17. The lowest BCUT2D eigenvalue weighted by atomic mass is 9.91. The second kappa shape index (κ2) is 8.27. The van der Waals surface area contributed by atoms with Crippen molar-refractivity contribution in [2.45, 2.75) is 47.0 Å². The largest absolute Gasteiger partial charge is 0.299 e. The van der Waals surface area contributed by atoms with Gasteiger partial charge < -0.3 is 0 Å². The first kappa shape index (κ1) is 20.1. The maximum absolute atomic E-state index is 4.70. The summed E-state index contributed by atoms with van der Waals surface area (Å²) < 4.78 is 2.26. The molecule has 2 aromatic heterocycles. The van der Waals surface area contributed by atoms with Crippen LogP contribution in [0, 0.1) is 13.8 Å². The van der Waals surface area contributed by atoms with Crippen LogP contribution in [-0.2, 0) is 6.42 Å². The van der Waals surface area contributed by atoms with Crippen molar-refractivity contribution in [2.75, 3.05) is 0 Å². The van der Waals surface area contributed by atoms with Gasteiger partial charge in [-0.2, -0.15) is 0 Å². The number of rotatable bonds is 5. The summed E-state index contributed by atoms with van der Waals surface area (Å²) in [6.07, 6.45) is 4.94. The Balaban J connectivity index is 1.95. The van der Waals surface area contributed by atoms with Crippen molar-refractivity contribution < 1.29 is 0 Å². The highest BCUT2D eigenvalue weighted by molar-refractivity contribution is 5.71. The van der Waals surface area contributed by atoms with Gasteiger partial charge in [0.15, 0.2) is 0 Å². The van der Waals surface area contributed by atoms with Crippen molar-refractivity contribution in [3.8, 4) is 28.2 Å². The van der Waals surface area contributed by atoms with Gasteiger partial charge in [-0.1, -0.05) is 51.1 Å². The van der Waals surface area contributed by atoms with Crippen molar-refractivity contribution in [3.63, 3.8) is 0 Å². The first-order chi connectivity index (χ1) is 14.5. The van der Waals surface area contributed by atoms with Crippen molar-refractivity contribution in [1.29, 1.82) is 0 Å². The van der Waals surface area contributed by atoms with E-state index in [-0.39, 0.29) is 0 Å². The monoisotopic (exact) mass is 395 g/mol. The first-order valence-electron chi connectivity index (χ1n) is 10.7. The normalized spacial score (nSPS) is 11.3. The van der Waals surface area contributed by atoms with Crippen molar-refractivity contribution in [2.24, 2.45) is 0 Å². The Morgan fingerprint density at radius 3 is 2.17 bits per heavy atom. The molecule has 0 unspecified atom stereocenters. The highest BCUT2D eigenvalue weighted by Gasteiger charge is 2.18. The summed E-state index contributed by atoms with van der Waals surface area (Å²) in [6.45, 7) is 10.9. The Morgan fingerprint density at radius 1 is 0.867 bits per heavy atom. The average molecular weight is 396 g/mol. The quantitative estimate of drug-likeness (QED) is 0.368. The van der Waals surface area contributed by atoms with Gasteiger partial charge >= 0.3 is 0 Å². The van der Waals surface area contributed by atoms with Crippen molar-refractivity contribution >= 4 is 0 Å². The minimum Gasteiger partial charge on any atom is -0.299 e.